The molecule has 3 aromatic rings. The number of benzene rings is 3. The summed E-state index contributed by atoms with van der Waals surface area (Å²) < 4.78 is 28.2. The van der Waals surface area contributed by atoms with E-state index in [1.807, 2.05) is 57.2 Å². The first-order valence-corrected chi connectivity index (χ1v) is 12.7. The Morgan fingerprint density at radius 2 is 1.55 bits per heavy atom. The van der Waals surface area contributed by atoms with E-state index in [0.717, 1.165) is 35.1 Å². The maximum Gasteiger partial charge on any atom is 0.264 e. The van der Waals surface area contributed by atoms with E-state index in [2.05, 4.69) is 5.32 Å². The van der Waals surface area contributed by atoms with Gasteiger partial charge in [-0.1, -0.05) is 53.6 Å². The van der Waals surface area contributed by atoms with E-state index in [-0.39, 0.29) is 17.3 Å². The summed E-state index contributed by atoms with van der Waals surface area (Å²) in [7, 11) is -3.92. The van der Waals surface area contributed by atoms with Crippen LogP contribution in [-0.2, 0) is 21.2 Å². The fraction of sp³-hybridized carbons (Fsp3) is 0.269. The maximum atomic E-state index is 13.5. The minimum atomic E-state index is -3.92. The average Bonchev–Trinajstić information content (AvgIpc) is 2.78. The van der Waals surface area contributed by atoms with Gasteiger partial charge in [0.1, 0.15) is 6.54 Å². The summed E-state index contributed by atoms with van der Waals surface area (Å²) >= 11 is 5.91. The van der Waals surface area contributed by atoms with E-state index in [9.17, 15) is 13.2 Å². The number of amides is 1. The third kappa shape index (κ3) is 6.59. The lowest BCUT2D eigenvalue weighted by molar-refractivity contribution is -0.119. The summed E-state index contributed by atoms with van der Waals surface area (Å²) in [5, 5.41) is 3.55. The Bertz CT molecular complexity index is 1210. The number of sulfonamides is 1. The lowest BCUT2D eigenvalue weighted by Crippen LogP contribution is -2.41. The van der Waals surface area contributed by atoms with Crippen LogP contribution in [0.1, 0.15) is 28.7 Å². The number of halogens is 1. The number of rotatable bonds is 9. The highest BCUT2D eigenvalue weighted by Crippen LogP contribution is 2.28. The molecule has 3 rings (SSSR count). The first kappa shape index (κ1) is 24.8. The summed E-state index contributed by atoms with van der Waals surface area (Å²) in [6.07, 6.45) is 1.53. The fourth-order valence-corrected chi connectivity index (χ4v) is 5.09. The number of nitrogens with one attached hydrogen (secondary N) is 1. The molecule has 3 aromatic carbocycles. The Balaban J connectivity index is 1.75. The van der Waals surface area contributed by atoms with E-state index in [1.54, 1.807) is 30.3 Å². The lowest BCUT2D eigenvalue weighted by atomic mass is 10.1. The zero-order chi connectivity index (χ0) is 24.0. The summed E-state index contributed by atoms with van der Waals surface area (Å²) in [4.78, 5) is 12.9. The predicted octanol–water partition coefficient (Wildman–Crippen LogP) is 5.21. The molecule has 0 aliphatic rings. The van der Waals surface area contributed by atoms with Crippen LogP contribution in [-0.4, -0.2) is 27.4 Å². The molecule has 7 heteroatoms. The molecule has 33 heavy (non-hydrogen) atoms. The number of hydrogen-bond donors (Lipinski definition) is 1. The molecule has 5 nitrogen and oxygen atoms in total. The van der Waals surface area contributed by atoms with E-state index in [0.29, 0.717) is 17.3 Å². The van der Waals surface area contributed by atoms with Crippen LogP contribution in [0.2, 0.25) is 5.02 Å². The molecule has 0 fully saturated rings. The Morgan fingerprint density at radius 3 is 2.21 bits per heavy atom. The highest BCUT2D eigenvalue weighted by atomic mass is 35.5. The van der Waals surface area contributed by atoms with Crippen LogP contribution >= 0.6 is 11.6 Å². The second-order valence-corrected chi connectivity index (χ2v) is 10.5. The van der Waals surface area contributed by atoms with E-state index < -0.39 is 10.0 Å². The van der Waals surface area contributed by atoms with Gasteiger partial charge >= 0.3 is 0 Å². The van der Waals surface area contributed by atoms with Gasteiger partial charge in [-0.2, -0.15) is 0 Å². The standard InChI is InChI=1S/C26H29ClN2O3S/c1-19-7-14-24(15-8-19)33(31,32)29(25-17-20(2)6-9-21(25)3)18-26(30)28-16-4-5-22-10-12-23(27)13-11-22/h6-15,17H,4-5,16,18H2,1-3H3,(H,28,30). The molecule has 0 bridgehead atoms. The van der Waals surface area contributed by atoms with Crippen LogP contribution in [0.3, 0.4) is 0 Å². The number of carbonyl (C=O) groups excluding carboxylic acids is 1. The van der Waals surface area contributed by atoms with Crippen LogP contribution in [0.5, 0.6) is 0 Å². The third-order valence-electron chi connectivity index (χ3n) is 5.41. The minimum Gasteiger partial charge on any atom is -0.355 e. The minimum absolute atomic E-state index is 0.157. The SMILES string of the molecule is Cc1ccc(S(=O)(=O)N(CC(=O)NCCCc2ccc(Cl)cc2)c2cc(C)ccc2C)cc1. The molecule has 1 N–H and O–H groups in total. The van der Waals surface area contributed by atoms with Gasteiger partial charge in [0.15, 0.2) is 0 Å². The number of aryl methyl sites for hydroxylation is 4. The van der Waals surface area contributed by atoms with Crippen molar-refractivity contribution in [3.8, 4) is 0 Å². The molecule has 0 radical (unpaired) electrons. The van der Waals surface area contributed by atoms with Crippen molar-refractivity contribution in [1.29, 1.82) is 0 Å². The zero-order valence-electron chi connectivity index (χ0n) is 19.1. The largest absolute Gasteiger partial charge is 0.355 e. The van der Waals surface area contributed by atoms with Gasteiger partial charge in [0.25, 0.3) is 10.0 Å². The lowest BCUT2D eigenvalue weighted by Gasteiger charge is -2.26. The van der Waals surface area contributed by atoms with E-state index >= 15 is 0 Å². The molecular formula is C26H29ClN2O3S. The molecular weight excluding hydrogens is 456 g/mol. The summed E-state index contributed by atoms with van der Waals surface area (Å²) in [6, 6.07) is 19.9. The second kappa shape index (κ2) is 10.9. The summed E-state index contributed by atoms with van der Waals surface area (Å²) in [5.74, 6) is -0.345. The summed E-state index contributed by atoms with van der Waals surface area (Å²) in [6.45, 7) is 5.80. The Hall–Kier alpha value is -2.83. The van der Waals surface area contributed by atoms with Crippen LogP contribution in [0.4, 0.5) is 5.69 Å². The Morgan fingerprint density at radius 1 is 0.909 bits per heavy atom. The molecule has 0 aliphatic heterocycles. The van der Waals surface area contributed by atoms with Crippen LogP contribution in [0.15, 0.2) is 71.6 Å². The average molecular weight is 485 g/mol. The van der Waals surface area contributed by atoms with Crippen molar-refractivity contribution in [2.75, 3.05) is 17.4 Å². The molecule has 0 unspecified atom stereocenters. The quantitative estimate of drug-likeness (QED) is 0.424. The molecule has 0 saturated heterocycles. The zero-order valence-corrected chi connectivity index (χ0v) is 20.7. The van der Waals surface area contributed by atoms with Crippen molar-refractivity contribution < 1.29 is 13.2 Å². The van der Waals surface area contributed by atoms with Crippen molar-refractivity contribution in [3.63, 3.8) is 0 Å². The first-order valence-electron chi connectivity index (χ1n) is 10.8. The molecule has 0 atom stereocenters. The number of hydrogen-bond acceptors (Lipinski definition) is 3. The van der Waals surface area contributed by atoms with Gasteiger partial charge in [-0.05, 0) is 80.6 Å². The van der Waals surface area contributed by atoms with Crippen molar-refractivity contribution >= 4 is 33.2 Å². The van der Waals surface area contributed by atoms with Gasteiger partial charge in [0.2, 0.25) is 5.91 Å². The Labute approximate surface area is 201 Å². The van der Waals surface area contributed by atoms with Gasteiger partial charge in [0, 0.05) is 11.6 Å². The first-order chi connectivity index (χ1) is 15.7. The van der Waals surface area contributed by atoms with Gasteiger partial charge in [-0.3, -0.25) is 9.10 Å². The highest BCUT2D eigenvalue weighted by molar-refractivity contribution is 7.92. The molecule has 0 spiro atoms. The fourth-order valence-electron chi connectivity index (χ4n) is 3.48. The van der Waals surface area contributed by atoms with Gasteiger partial charge < -0.3 is 5.32 Å². The van der Waals surface area contributed by atoms with E-state index in [4.69, 9.17) is 11.6 Å². The topological polar surface area (TPSA) is 66.5 Å². The van der Waals surface area contributed by atoms with Crippen LogP contribution in [0.25, 0.3) is 0 Å². The van der Waals surface area contributed by atoms with Crippen molar-refractivity contribution in [3.05, 3.63) is 94.0 Å². The van der Waals surface area contributed by atoms with Gasteiger partial charge in [-0.15, -0.1) is 0 Å². The van der Waals surface area contributed by atoms with Gasteiger partial charge in [-0.25, -0.2) is 8.42 Å². The molecule has 0 aromatic heterocycles. The maximum absolute atomic E-state index is 13.5. The van der Waals surface area contributed by atoms with E-state index in [1.165, 1.54) is 4.31 Å². The van der Waals surface area contributed by atoms with Crippen molar-refractivity contribution in [2.45, 2.75) is 38.5 Å². The molecule has 174 valence electrons. The predicted molar refractivity (Wildman–Crippen MR) is 134 cm³/mol. The second-order valence-electron chi connectivity index (χ2n) is 8.19. The molecule has 0 heterocycles. The van der Waals surface area contributed by atoms with Crippen molar-refractivity contribution in [1.82, 2.24) is 5.32 Å². The third-order valence-corrected chi connectivity index (χ3v) is 7.43. The summed E-state index contributed by atoms with van der Waals surface area (Å²) in [5.41, 5.74) is 4.31. The normalized spacial score (nSPS) is 11.3. The van der Waals surface area contributed by atoms with Crippen LogP contribution in [0, 0.1) is 20.8 Å². The smallest absolute Gasteiger partial charge is 0.264 e. The highest BCUT2D eigenvalue weighted by Gasteiger charge is 2.28. The number of carbonyl (C=O) groups is 1. The van der Waals surface area contributed by atoms with Crippen molar-refractivity contribution in [2.24, 2.45) is 0 Å². The number of nitrogens with zero attached hydrogens (tertiary/aromatic N) is 1. The van der Waals surface area contributed by atoms with Gasteiger partial charge in [0.05, 0.1) is 10.6 Å². The molecule has 0 aliphatic carbocycles. The number of anilines is 1. The molecule has 0 saturated carbocycles. The molecule has 1 amide bonds. The monoisotopic (exact) mass is 484 g/mol. The van der Waals surface area contributed by atoms with Crippen LogP contribution < -0.4 is 9.62 Å². The Kier molecular flexibility index (Phi) is 8.16.